The number of benzene rings is 1. The van der Waals surface area contributed by atoms with Gasteiger partial charge in [-0.1, -0.05) is 43.3 Å². The second-order valence-electron chi connectivity index (χ2n) is 5.60. The summed E-state index contributed by atoms with van der Waals surface area (Å²) in [6.07, 6.45) is 2.21. The third-order valence-corrected chi connectivity index (χ3v) is 3.48. The number of carbonyl (C=O) groups is 2. The van der Waals surface area contributed by atoms with Crippen molar-refractivity contribution in [2.45, 2.75) is 39.3 Å². The van der Waals surface area contributed by atoms with Crippen molar-refractivity contribution < 1.29 is 14.3 Å². The molecule has 1 aromatic rings. The van der Waals surface area contributed by atoms with Gasteiger partial charge in [-0.05, 0) is 25.8 Å². The third kappa shape index (κ3) is 7.28. The van der Waals surface area contributed by atoms with Crippen LogP contribution in [0.1, 0.15) is 38.8 Å². The Morgan fingerprint density at radius 2 is 1.96 bits per heavy atom. The van der Waals surface area contributed by atoms with Crippen molar-refractivity contribution >= 4 is 12.0 Å². The van der Waals surface area contributed by atoms with Crippen molar-refractivity contribution in [1.29, 1.82) is 0 Å². The van der Waals surface area contributed by atoms with E-state index in [1.54, 1.807) is 6.08 Å². The maximum Gasteiger partial charge on any atom is 0.329 e. The molecule has 2 atom stereocenters. The van der Waals surface area contributed by atoms with Crippen LogP contribution in [0.2, 0.25) is 0 Å². The van der Waals surface area contributed by atoms with E-state index in [2.05, 4.69) is 17.3 Å². The number of hydrogen-bond acceptors (Lipinski definition) is 4. The number of ether oxygens (including phenoxy) is 1. The second-order valence-corrected chi connectivity index (χ2v) is 5.60. The number of hydrogen-bond donors (Lipinski definition) is 2. The highest BCUT2D eigenvalue weighted by Gasteiger charge is 2.16. The summed E-state index contributed by atoms with van der Waals surface area (Å²) in [6, 6.07) is 9.10. The molecule has 0 aliphatic rings. The van der Waals surface area contributed by atoms with Gasteiger partial charge in [-0.2, -0.15) is 0 Å². The molecule has 0 radical (unpaired) electrons. The maximum atomic E-state index is 12.1. The Balaban J connectivity index is 2.53. The summed E-state index contributed by atoms with van der Waals surface area (Å²) in [5.74, 6) is -0.386. The first-order chi connectivity index (χ1) is 11.5. The second kappa shape index (κ2) is 10.4. The molecule has 0 aliphatic carbocycles. The van der Waals surface area contributed by atoms with Crippen LogP contribution in [0.5, 0.6) is 0 Å². The molecule has 0 fully saturated rings. The van der Waals surface area contributed by atoms with E-state index >= 15 is 0 Å². The lowest BCUT2D eigenvalue weighted by Gasteiger charge is -2.23. The fourth-order valence-electron chi connectivity index (χ4n) is 2.00. The van der Waals surface area contributed by atoms with Gasteiger partial charge in [-0.3, -0.25) is 10.2 Å². The lowest BCUT2D eigenvalue weighted by Crippen LogP contribution is -2.50. The molecule has 0 bridgehead atoms. The zero-order valence-electron chi connectivity index (χ0n) is 14.6. The number of amides is 2. The van der Waals surface area contributed by atoms with Gasteiger partial charge in [0.05, 0.1) is 12.1 Å². The Kier molecular flexibility index (Phi) is 8.57. The van der Waals surface area contributed by atoms with Crippen molar-refractivity contribution in [1.82, 2.24) is 15.8 Å². The molecular weight excluding hydrogens is 306 g/mol. The molecule has 6 heteroatoms. The molecule has 1 aromatic carbocycles. The van der Waals surface area contributed by atoms with E-state index in [-0.39, 0.29) is 30.7 Å². The minimum absolute atomic E-state index is 0.0382. The standard InChI is InChI=1S/C18H27N3O3/c1-5-12-21(13-17(22)24-14(3)6-2)20-18(23)19-15(4)16-10-8-7-9-11-16/h5,7-11,14-15H,1,6,12-13H2,2-4H3,(H2,19,20,23)/t14-,15?/m0/s1. The molecule has 6 nitrogen and oxygen atoms in total. The topological polar surface area (TPSA) is 70.7 Å². The Bertz CT molecular complexity index is 534. The molecule has 24 heavy (non-hydrogen) atoms. The van der Waals surface area contributed by atoms with Crippen LogP contribution >= 0.6 is 0 Å². The van der Waals surface area contributed by atoms with Gasteiger partial charge in [0.15, 0.2) is 0 Å². The van der Waals surface area contributed by atoms with Gasteiger partial charge in [0.25, 0.3) is 0 Å². The molecule has 0 aromatic heterocycles. The van der Waals surface area contributed by atoms with E-state index in [0.29, 0.717) is 6.54 Å². The zero-order valence-corrected chi connectivity index (χ0v) is 14.6. The van der Waals surface area contributed by atoms with Crippen molar-refractivity contribution in [3.05, 3.63) is 48.6 Å². The van der Waals surface area contributed by atoms with Crippen molar-refractivity contribution in [3.63, 3.8) is 0 Å². The maximum absolute atomic E-state index is 12.1. The average molecular weight is 333 g/mol. The highest BCUT2D eigenvalue weighted by Crippen LogP contribution is 2.10. The number of hydrazine groups is 1. The molecule has 0 spiro atoms. The number of nitrogens with zero attached hydrogens (tertiary/aromatic N) is 1. The van der Waals surface area contributed by atoms with E-state index in [4.69, 9.17) is 4.74 Å². The number of esters is 1. The number of urea groups is 1. The molecular formula is C18H27N3O3. The largest absolute Gasteiger partial charge is 0.462 e. The summed E-state index contributed by atoms with van der Waals surface area (Å²) in [6.45, 7) is 9.60. The first-order valence-electron chi connectivity index (χ1n) is 8.13. The quantitative estimate of drug-likeness (QED) is 0.414. The minimum Gasteiger partial charge on any atom is -0.462 e. The first-order valence-corrected chi connectivity index (χ1v) is 8.13. The van der Waals surface area contributed by atoms with Crippen LogP contribution in [0, 0.1) is 0 Å². The molecule has 1 rings (SSSR count). The monoisotopic (exact) mass is 333 g/mol. The highest BCUT2D eigenvalue weighted by atomic mass is 16.5. The molecule has 2 N–H and O–H groups in total. The van der Waals surface area contributed by atoms with E-state index in [1.807, 2.05) is 51.1 Å². The molecule has 0 aliphatic heterocycles. The van der Waals surface area contributed by atoms with Gasteiger partial charge in [0.2, 0.25) is 0 Å². The normalized spacial score (nSPS) is 13.0. The van der Waals surface area contributed by atoms with Gasteiger partial charge in [0, 0.05) is 6.54 Å². The van der Waals surface area contributed by atoms with E-state index < -0.39 is 0 Å². The van der Waals surface area contributed by atoms with Crippen LogP contribution in [0.15, 0.2) is 43.0 Å². The molecule has 0 saturated carbocycles. The fourth-order valence-corrected chi connectivity index (χ4v) is 2.00. The van der Waals surface area contributed by atoms with Crippen LogP contribution in [-0.4, -0.2) is 36.2 Å². The Morgan fingerprint density at radius 1 is 1.29 bits per heavy atom. The van der Waals surface area contributed by atoms with Gasteiger partial charge in [0.1, 0.15) is 6.54 Å². The summed E-state index contributed by atoms with van der Waals surface area (Å²) >= 11 is 0. The summed E-state index contributed by atoms with van der Waals surface area (Å²) in [7, 11) is 0. The Hall–Kier alpha value is -2.34. The fraction of sp³-hybridized carbons (Fsp3) is 0.444. The number of rotatable bonds is 9. The Labute approximate surface area is 143 Å². The molecule has 0 saturated heterocycles. The van der Waals surface area contributed by atoms with E-state index in [0.717, 1.165) is 12.0 Å². The highest BCUT2D eigenvalue weighted by molar-refractivity contribution is 5.75. The summed E-state index contributed by atoms with van der Waals surface area (Å²) in [5, 5.41) is 4.30. The van der Waals surface area contributed by atoms with Crippen LogP contribution in [0.25, 0.3) is 0 Å². The summed E-state index contributed by atoms with van der Waals surface area (Å²) in [4.78, 5) is 24.0. The van der Waals surface area contributed by atoms with Gasteiger partial charge < -0.3 is 10.1 Å². The van der Waals surface area contributed by atoms with Crippen LogP contribution in [0.4, 0.5) is 4.79 Å². The molecule has 132 valence electrons. The van der Waals surface area contributed by atoms with Crippen molar-refractivity contribution in [2.24, 2.45) is 0 Å². The molecule has 0 heterocycles. The zero-order chi connectivity index (χ0) is 17.9. The van der Waals surface area contributed by atoms with Crippen LogP contribution in [-0.2, 0) is 9.53 Å². The third-order valence-electron chi connectivity index (χ3n) is 3.48. The smallest absolute Gasteiger partial charge is 0.329 e. The summed E-state index contributed by atoms with van der Waals surface area (Å²) in [5.41, 5.74) is 3.65. The minimum atomic E-state index is -0.386. The van der Waals surface area contributed by atoms with E-state index in [9.17, 15) is 9.59 Å². The average Bonchev–Trinajstić information content (AvgIpc) is 2.55. The lowest BCUT2D eigenvalue weighted by molar-refractivity contribution is -0.150. The first kappa shape index (κ1) is 19.7. The van der Waals surface area contributed by atoms with Gasteiger partial charge >= 0.3 is 12.0 Å². The summed E-state index contributed by atoms with van der Waals surface area (Å²) < 4.78 is 5.22. The predicted octanol–water partition coefficient (Wildman–Crippen LogP) is 2.79. The number of nitrogens with one attached hydrogen (secondary N) is 2. The number of carbonyl (C=O) groups excluding carboxylic acids is 2. The van der Waals surface area contributed by atoms with E-state index in [1.165, 1.54) is 5.01 Å². The van der Waals surface area contributed by atoms with Crippen molar-refractivity contribution in [3.8, 4) is 0 Å². The van der Waals surface area contributed by atoms with Crippen molar-refractivity contribution in [2.75, 3.05) is 13.1 Å². The van der Waals surface area contributed by atoms with Gasteiger partial charge in [-0.25, -0.2) is 9.80 Å². The van der Waals surface area contributed by atoms with Crippen LogP contribution in [0.3, 0.4) is 0 Å². The molecule has 1 unspecified atom stereocenters. The SMILES string of the molecule is C=CCN(CC(=O)O[C@@H](C)CC)NC(=O)NC(C)c1ccccc1. The van der Waals surface area contributed by atoms with Crippen LogP contribution < -0.4 is 10.7 Å². The predicted molar refractivity (Wildman–Crippen MR) is 94.1 cm³/mol. The molecule has 2 amide bonds. The van der Waals surface area contributed by atoms with Gasteiger partial charge in [-0.15, -0.1) is 6.58 Å². The Morgan fingerprint density at radius 3 is 2.54 bits per heavy atom. The lowest BCUT2D eigenvalue weighted by atomic mass is 10.1.